The molecule has 316 valence electrons. The van der Waals surface area contributed by atoms with Crippen LogP contribution in [0.3, 0.4) is 0 Å². The molecular formula is C44H65N3O10. The lowest BCUT2D eigenvalue weighted by Gasteiger charge is -2.53. The first-order valence-electron chi connectivity index (χ1n) is 19.6. The van der Waals surface area contributed by atoms with Gasteiger partial charge in [0.1, 0.15) is 17.8 Å². The molecule has 2 rings (SSSR count). The summed E-state index contributed by atoms with van der Waals surface area (Å²) in [5.74, 6) is -8.81. The molecule has 0 aromatic heterocycles. The Morgan fingerprint density at radius 3 is 1.56 bits per heavy atom. The SMILES string of the molecule is CC[C@H](C)[C@@H](C(=O)[C@@](C(=O)[C@](Cc1ccccc1)(C(=O)[C@](C)(O)C(=O)OC(C)(C)C)N(C)C(=O)[C@@H](C)O)([C@@H](C)CC)N(C)C(=O)[C@@H](C)O)N(C)Cc1ccccc1. The Morgan fingerprint density at radius 2 is 1.14 bits per heavy atom. The van der Waals surface area contributed by atoms with Gasteiger partial charge in [0.25, 0.3) is 11.8 Å². The summed E-state index contributed by atoms with van der Waals surface area (Å²) in [5, 5.41) is 33.6. The van der Waals surface area contributed by atoms with Gasteiger partial charge in [-0.15, -0.1) is 0 Å². The van der Waals surface area contributed by atoms with Gasteiger partial charge in [-0.3, -0.25) is 28.9 Å². The number of aliphatic hydroxyl groups is 3. The van der Waals surface area contributed by atoms with Gasteiger partial charge in [-0.1, -0.05) is 101 Å². The molecule has 0 aliphatic rings. The Bertz CT molecular complexity index is 1720. The molecule has 2 amide bonds. The third-order valence-corrected chi connectivity index (χ3v) is 11.0. The third-order valence-electron chi connectivity index (χ3n) is 11.0. The largest absolute Gasteiger partial charge is 0.457 e. The van der Waals surface area contributed by atoms with Crippen molar-refractivity contribution in [3.8, 4) is 0 Å². The van der Waals surface area contributed by atoms with Crippen LogP contribution in [0.2, 0.25) is 0 Å². The molecule has 0 saturated carbocycles. The van der Waals surface area contributed by atoms with Crippen LogP contribution in [-0.2, 0) is 46.5 Å². The highest BCUT2D eigenvalue weighted by Crippen LogP contribution is 2.42. The molecule has 0 aliphatic carbocycles. The van der Waals surface area contributed by atoms with E-state index in [4.69, 9.17) is 4.74 Å². The lowest BCUT2D eigenvalue weighted by Crippen LogP contribution is -2.79. The van der Waals surface area contributed by atoms with Gasteiger partial charge >= 0.3 is 5.97 Å². The number of carbonyl (C=O) groups is 6. The summed E-state index contributed by atoms with van der Waals surface area (Å²) in [6, 6.07) is 16.2. The molecule has 13 nitrogen and oxygen atoms in total. The zero-order valence-electron chi connectivity index (χ0n) is 36.0. The van der Waals surface area contributed by atoms with Crippen molar-refractivity contribution >= 4 is 35.1 Å². The molecular weight excluding hydrogens is 730 g/mol. The van der Waals surface area contributed by atoms with Gasteiger partial charge in [0, 0.05) is 27.1 Å². The van der Waals surface area contributed by atoms with Crippen molar-refractivity contribution in [1.82, 2.24) is 14.7 Å². The molecule has 8 atom stereocenters. The van der Waals surface area contributed by atoms with Gasteiger partial charge in [0.15, 0.2) is 22.6 Å². The first-order valence-corrected chi connectivity index (χ1v) is 19.6. The lowest BCUT2D eigenvalue weighted by molar-refractivity contribution is -0.186. The second kappa shape index (κ2) is 19.4. The minimum absolute atomic E-state index is 0.0661. The predicted octanol–water partition coefficient (Wildman–Crippen LogP) is 3.78. The van der Waals surface area contributed by atoms with E-state index in [9.17, 15) is 29.7 Å². The number of benzene rings is 2. The molecule has 0 radical (unpaired) electrons. The summed E-state index contributed by atoms with van der Waals surface area (Å²) in [5.41, 5.74) is -8.85. The van der Waals surface area contributed by atoms with Crippen LogP contribution in [0.5, 0.6) is 0 Å². The maximum Gasteiger partial charge on any atom is 0.346 e. The van der Waals surface area contributed by atoms with Gasteiger partial charge in [0.05, 0.1) is 6.04 Å². The molecule has 0 spiro atoms. The van der Waals surface area contributed by atoms with Crippen molar-refractivity contribution < 1.29 is 48.8 Å². The van der Waals surface area contributed by atoms with Gasteiger partial charge < -0.3 is 29.9 Å². The Morgan fingerprint density at radius 1 is 0.684 bits per heavy atom. The lowest BCUT2D eigenvalue weighted by atomic mass is 9.62. The maximum atomic E-state index is 16.6. The van der Waals surface area contributed by atoms with Gasteiger partial charge in [-0.05, 0) is 71.6 Å². The highest BCUT2D eigenvalue weighted by atomic mass is 16.6. The number of amides is 2. The van der Waals surface area contributed by atoms with E-state index in [0.29, 0.717) is 11.3 Å². The first-order chi connectivity index (χ1) is 26.3. The standard InChI is InChI=1S/C44H65N3O10/c1-14-28(3)34(45(11)27-33-24-20-17-21-25-33)35(50)44(29(4)15-2,47(13)37(52)31(6)49)39(54)43(46(12)36(51)30(5)48,26-32-22-18-16-19-23-32)38(53)42(10,56)40(55)57-41(7,8)9/h16-25,28-31,34,48-49,56H,14-15,26-27H2,1-13H3/t28-,29-,30+,31+,34-,42-,43-,44+/m0/s1. The molecule has 0 bridgehead atoms. The second-order valence-corrected chi connectivity index (χ2v) is 16.6. The van der Waals surface area contributed by atoms with E-state index in [2.05, 4.69) is 0 Å². The Balaban J connectivity index is 3.36. The molecule has 3 N–H and O–H groups in total. The number of ether oxygens (including phenoxy) is 1. The molecule has 0 unspecified atom stereocenters. The van der Waals surface area contributed by atoms with E-state index in [0.717, 1.165) is 31.4 Å². The first kappa shape index (κ1) is 48.8. The fourth-order valence-corrected chi connectivity index (χ4v) is 7.52. The van der Waals surface area contributed by atoms with Crippen LogP contribution in [0.1, 0.15) is 93.2 Å². The average molecular weight is 796 g/mol. The summed E-state index contributed by atoms with van der Waals surface area (Å²) in [6.07, 6.45) is -3.74. The Labute approximate surface area is 338 Å². The zero-order valence-corrected chi connectivity index (χ0v) is 36.0. The van der Waals surface area contributed by atoms with Crippen molar-refractivity contribution in [2.45, 2.75) is 136 Å². The molecule has 0 aliphatic heterocycles. The van der Waals surface area contributed by atoms with Crippen LogP contribution in [0.15, 0.2) is 60.7 Å². The third kappa shape index (κ3) is 10.2. The van der Waals surface area contributed by atoms with Gasteiger partial charge in [-0.2, -0.15) is 0 Å². The number of likely N-dealkylation sites (N-methyl/N-ethyl adjacent to an activating group) is 3. The summed E-state index contributed by atoms with van der Waals surface area (Å²) >= 11 is 0. The highest BCUT2D eigenvalue weighted by molar-refractivity contribution is 6.30. The Kier molecular flexibility index (Phi) is 16.7. The number of hydrogen-bond acceptors (Lipinski definition) is 11. The number of hydrogen-bond donors (Lipinski definition) is 3. The van der Waals surface area contributed by atoms with E-state index in [-0.39, 0.29) is 18.5 Å². The van der Waals surface area contributed by atoms with Crippen LogP contribution in [0.25, 0.3) is 0 Å². The van der Waals surface area contributed by atoms with Crippen molar-refractivity contribution in [2.75, 3.05) is 21.1 Å². The van der Waals surface area contributed by atoms with Crippen LogP contribution in [0.4, 0.5) is 0 Å². The average Bonchev–Trinajstić information content (AvgIpc) is 3.15. The predicted molar refractivity (Wildman–Crippen MR) is 217 cm³/mol. The van der Waals surface area contributed by atoms with Crippen molar-refractivity contribution in [3.63, 3.8) is 0 Å². The monoisotopic (exact) mass is 795 g/mol. The second-order valence-electron chi connectivity index (χ2n) is 16.6. The molecule has 2 aromatic carbocycles. The van der Waals surface area contributed by atoms with Crippen molar-refractivity contribution in [3.05, 3.63) is 71.8 Å². The van der Waals surface area contributed by atoms with E-state index in [1.54, 1.807) is 56.1 Å². The summed E-state index contributed by atoms with van der Waals surface area (Å²) < 4.78 is 5.48. The van der Waals surface area contributed by atoms with E-state index in [1.165, 1.54) is 34.7 Å². The fraction of sp³-hybridized carbons (Fsp3) is 0.591. The number of aliphatic hydroxyl groups excluding tert-OH is 2. The normalized spacial score (nSPS) is 17.7. The van der Waals surface area contributed by atoms with Crippen molar-refractivity contribution in [2.24, 2.45) is 11.8 Å². The molecule has 0 heterocycles. The maximum absolute atomic E-state index is 16.6. The minimum Gasteiger partial charge on any atom is -0.457 e. The van der Waals surface area contributed by atoms with E-state index in [1.807, 2.05) is 44.2 Å². The molecule has 2 aromatic rings. The van der Waals surface area contributed by atoms with Gasteiger partial charge in [-0.25, -0.2) is 4.79 Å². The highest BCUT2D eigenvalue weighted by Gasteiger charge is 2.69. The van der Waals surface area contributed by atoms with Crippen LogP contribution in [-0.4, -0.2) is 127 Å². The van der Waals surface area contributed by atoms with Crippen molar-refractivity contribution in [1.29, 1.82) is 0 Å². The zero-order chi connectivity index (χ0) is 43.8. The number of nitrogens with zero attached hydrogens (tertiary/aromatic N) is 3. The quantitative estimate of drug-likeness (QED) is 0.131. The minimum atomic E-state index is -3.14. The molecule has 0 fully saturated rings. The number of esters is 1. The van der Waals surface area contributed by atoms with Gasteiger partial charge in [0.2, 0.25) is 11.4 Å². The fourth-order valence-electron chi connectivity index (χ4n) is 7.52. The van der Waals surface area contributed by atoms with Crippen LogP contribution >= 0.6 is 0 Å². The Hall–Kier alpha value is -4.30. The van der Waals surface area contributed by atoms with E-state index < -0.39 is 93.9 Å². The molecule has 57 heavy (non-hydrogen) atoms. The smallest absolute Gasteiger partial charge is 0.346 e. The summed E-state index contributed by atoms with van der Waals surface area (Å²) in [6.45, 7) is 14.9. The summed E-state index contributed by atoms with van der Waals surface area (Å²) in [7, 11) is 3.99. The van der Waals surface area contributed by atoms with Crippen LogP contribution < -0.4 is 0 Å². The molecule has 0 saturated heterocycles. The number of ketones is 3. The number of rotatable bonds is 20. The van der Waals surface area contributed by atoms with E-state index >= 15 is 14.4 Å². The summed E-state index contributed by atoms with van der Waals surface area (Å²) in [4.78, 5) is 93.7. The van der Waals surface area contributed by atoms with Crippen LogP contribution in [0, 0.1) is 11.8 Å². The molecule has 13 heteroatoms. The number of carbonyl (C=O) groups excluding carboxylic acids is 6. The topological polar surface area (TPSA) is 182 Å². The number of Topliss-reactive ketones (excluding diaryl/α,β-unsaturated/α-hetero) is 3.